The van der Waals surface area contributed by atoms with Crippen LogP contribution in [0.15, 0.2) is 72.6 Å². The van der Waals surface area contributed by atoms with Crippen LogP contribution in [0.4, 0.5) is 0 Å². The molecule has 5 heteroatoms. The first kappa shape index (κ1) is 40.6. The molecule has 0 unspecified atom stereocenters. The quantitative estimate of drug-likeness (QED) is 0.0818. The minimum absolute atomic E-state index is 0. The molecule has 3 nitrogen and oxygen atoms in total. The number of carbonyl (C=O) groups is 1. The van der Waals surface area contributed by atoms with E-state index in [1.54, 1.807) is 0 Å². The van der Waals surface area contributed by atoms with Gasteiger partial charge in [0, 0.05) is 64.7 Å². The van der Waals surface area contributed by atoms with Crippen LogP contribution in [0.1, 0.15) is 119 Å². The molecule has 0 aliphatic rings. The number of hydrogen-bond acceptors (Lipinski definition) is 4. The van der Waals surface area contributed by atoms with E-state index in [2.05, 4.69) is 102 Å². The second-order valence-corrected chi connectivity index (χ2v) is 15.5. The minimum Gasteiger partial charge on any atom is -0.512 e. The molecule has 1 N–H and O–H groups in total. The number of thiophene rings is 1. The van der Waals surface area contributed by atoms with E-state index < -0.39 is 0 Å². The molecule has 5 rings (SSSR count). The third-order valence-corrected chi connectivity index (χ3v) is 11.8. The van der Waals surface area contributed by atoms with Crippen LogP contribution in [0, 0.1) is 17.9 Å². The van der Waals surface area contributed by atoms with Gasteiger partial charge in [0.2, 0.25) is 0 Å². The molecule has 3 aromatic carbocycles. The topological polar surface area (TPSA) is 50.2 Å². The van der Waals surface area contributed by atoms with Gasteiger partial charge < -0.3 is 5.11 Å². The van der Waals surface area contributed by atoms with Gasteiger partial charge >= 0.3 is 0 Å². The molecule has 265 valence electrons. The number of nitrogens with zero attached hydrogens (tertiary/aromatic N) is 1. The number of ketones is 1. The number of carbonyl (C=O) groups excluding carboxylic acids is 1. The summed E-state index contributed by atoms with van der Waals surface area (Å²) in [7, 11) is 0. The second kappa shape index (κ2) is 17.4. The predicted molar refractivity (Wildman–Crippen MR) is 209 cm³/mol. The van der Waals surface area contributed by atoms with E-state index in [4.69, 9.17) is 4.98 Å². The van der Waals surface area contributed by atoms with Crippen molar-refractivity contribution in [2.75, 3.05) is 0 Å². The summed E-state index contributed by atoms with van der Waals surface area (Å²) in [5.41, 5.74) is 5.17. The molecule has 0 bridgehead atoms. The number of hydrogen-bond donors (Lipinski definition) is 1. The number of allylic oxidation sites excluding steroid dienone is 2. The number of aliphatic hydroxyl groups is 1. The van der Waals surface area contributed by atoms with Gasteiger partial charge in [-0.15, -0.1) is 40.5 Å². The molecular formula is C44H56IrNO2S-. The van der Waals surface area contributed by atoms with Crippen molar-refractivity contribution in [1.82, 2.24) is 4.98 Å². The molecule has 0 aliphatic carbocycles. The van der Waals surface area contributed by atoms with Crippen LogP contribution >= 0.6 is 11.3 Å². The number of benzene rings is 3. The predicted octanol–water partition coefficient (Wildman–Crippen LogP) is 13.3. The third kappa shape index (κ3) is 8.73. The molecule has 2 aromatic heterocycles. The summed E-state index contributed by atoms with van der Waals surface area (Å²) in [6, 6.07) is 23.6. The van der Waals surface area contributed by atoms with E-state index in [9.17, 15) is 9.90 Å². The minimum atomic E-state index is 0. The molecule has 0 saturated carbocycles. The zero-order valence-electron chi connectivity index (χ0n) is 31.3. The van der Waals surface area contributed by atoms with Crippen molar-refractivity contribution in [2.45, 2.75) is 119 Å². The van der Waals surface area contributed by atoms with Crippen molar-refractivity contribution in [1.29, 1.82) is 0 Å². The van der Waals surface area contributed by atoms with Crippen molar-refractivity contribution >= 4 is 48.1 Å². The second-order valence-electron chi connectivity index (χ2n) is 14.5. The van der Waals surface area contributed by atoms with E-state index in [1.807, 2.05) is 45.2 Å². The summed E-state index contributed by atoms with van der Waals surface area (Å²) >= 11 is 1.90. The fourth-order valence-corrected chi connectivity index (χ4v) is 8.24. The van der Waals surface area contributed by atoms with Crippen LogP contribution in [0.2, 0.25) is 0 Å². The maximum absolute atomic E-state index is 11.7. The van der Waals surface area contributed by atoms with Crippen molar-refractivity contribution in [3.8, 4) is 11.3 Å². The smallest absolute Gasteiger partial charge is 0.162 e. The summed E-state index contributed by atoms with van der Waals surface area (Å²) in [5.74, 6) is 0.547. The van der Waals surface area contributed by atoms with Crippen molar-refractivity contribution < 1.29 is 30.0 Å². The van der Waals surface area contributed by atoms with Gasteiger partial charge in [0.1, 0.15) is 0 Å². The van der Waals surface area contributed by atoms with Crippen molar-refractivity contribution in [2.24, 2.45) is 11.8 Å². The summed E-state index contributed by atoms with van der Waals surface area (Å²) < 4.78 is 2.67. The Morgan fingerprint density at radius 3 is 1.98 bits per heavy atom. The van der Waals surface area contributed by atoms with E-state index in [-0.39, 0.29) is 54.3 Å². The molecule has 2 heterocycles. The standard InChI is InChI=1S/C31H32NS.C13H24O2.Ir/c1-7-31(6,8-2)25-15-11-14-23-24-16-17-32-27(29(24)33-28(23)25)21-18-20-12-9-10-13-22(20)26(19-21)30(3,4)5;1-5-10(6-2)12(14)9-13(15)11(7-3)8-4;/h9-17,19H,7-8H2,1-6H3;9-11,14H,5-8H2,1-4H3;/q-1;;/b;12-9-;. The van der Waals surface area contributed by atoms with Crippen LogP contribution < -0.4 is 0 Å². The first-order valence-corrected chi connectivity index (χ1v) is 18.9. The molecule has 0 fully saturated rings. The zero-order chi connectivity index (χ0) is 35.2. The fourth-order valence-electron chi connectivity index (χ4n) is 6.78. The van der Waals surface area contributed by atoms with Gasteiger partial charge in [0.15, 0.2) is 5.78 Å². The summed E-state index contributed by atoms with van der Waals surface area (Å²) in [6.07, 6.45) is 9.14. The number of fused-ring (bicyclic) bond motifs is 4. The molecule has 49 heavy (non-hydrogen) atoms. The molecular weight excluding hydrogens is 799 g/mol. The van der Waals surface area contributed by atoms with Crippen LogP contribution in [0.25, 0.3) is 42.2 Å². The number of aliphatic hydroxyl groups excluding tert-OH is 1. The third-order valence-electron chi connectivity index (χ3n) is 10.5. The number of aromatic nitrogens is 1. The molecule has 0 aliphatic heterocycles. The largest absolute Gasteiger partial charge is 0.512 e. The normalized spacial score (nSPS) is 12.4. The van der Waals surface area contributed by atoms with Gasteiger partial charge in [-0.25, -0.2) is 0 Å². The van der Waals surface area contributed by atoms with Gasteiger partial charge in [-0.05, 0) is 66.4 Å². The molecule has 0 amide bonds. The Labute approximate surface area is 313 Å². The SMILES string of the molecule is CCC(C)(CC)c1cccc2c1sc1c(-c3[c-]c4ccccc4c(C(C)(C)C)c3)nccc12.CCC(CC)C(=O)/C=C(\O)C(CC)CC.[Ir]. The van der Waals surface area contributed by atoms with Gasteiger partial charge in [-0.3, -0.25) is 9.78 Å². The van der Waals surface area contributed by atoms with Gasteiger partial charge in [-0.2, -0.15) is 0 Å². The Morgan fingerprint density at radius 1 is 0.796 bits per heavy atom. The van der Waals surface area contributed by atoms with Crippen molar-refractivity contribution in [3.05, 3.63) is 89.8 Å². The summed E-state index contributed by atoms with van der Waals surface area (Å²) in [4.78, 5) is 16.6. The average Bonchev–Trinajstić information content (AvgIpc) is 3.47. The summed E-state index contributed by atoms with van der Waals surface area (Å²) in [6.45, 7) is 21.9. The molecule has 0 atom stereocenters. The van der Waals surface area contributed by atoms with E-state index >= 15 is 0 Å². The Balaban J connectivity index is 0.000000347. The van der Waals surface area contributed by atoms with Crippen LogP contribution in [-0.2, 0) is 35.7 Å². The molecule has 5 aromatic rings. The van der Waals surface area contributed by atoms with E-state index in [1.165, 1.54) is 42.8 Å². The monoisotopic (exact) mass is 855 g/mol. The Hall–Kier alpha value is -2.85. The van der Waals surface area contributed by atoms with Crippen molar-refractivity contribution in [3.63, 3.8) is 0 Å². The first-order valence-electron chi connectivity index (χ1n) is 18.1. The maximum atomic E-state index is 11.7. The molecule has 0 spiro atoms. The Kier molecular flexibility index (Phi) is 14.4. The Morgan fingerprint density at radius 2 is 1.39 bits per heavy atom. The maximum Gasteiger partial charge on any atom is 0.162 e. The van der Waals surface area contributed by atoms with E-state index in [0.717, 1.165) is 55.2 Å². The summed E-state index contributed by atoms with van der Waals surface area (Å²) in [5, 5.41) is 14.8. The first-order chi connectivity index (χ1) is 22.9. The molecule has 1 radical (unpaired) electrons. The fraction of sp³-hybridized carbons (Fsp3) is 0.455. The number of rotatable bonds is 11. The Bertz CT molecular complexity index is 1880. The number of pyridine rings is 1. The van der Waals surface area contributed by atoms with Gasteiger partial charge in [0.25, 0.3) is 0 Å². The van der Waals surface area contributed by atoms with Gasteiger partial charge in [-0.1, -0.05) is 117 Å². The average molecular weight is 855 g/mol. The van der Waals surface area contributed by atoms with Crippen LogP contribution in [0.5, 0.6) is 0 Å². The van der Waals surface area contributed by atoms with Gasteiger partial charge in [0.05, 0.1) is 5.76 Å². The van der Waals surface area contributed by atoms with Crippen LogP contribution in [0.3, 0.4) is 0 Å². The van der Waals surface area contributed by atoms with Crippen LogP contribution in [-0.4, -0.2) is 15.9 Å². The molecule has 0 saturated heterocycles. The van der Waals surface area contributed by atoms with E-state index in [0.29, 0.717) is 0 Å². The zero-order valence-corrected chi connectivity index (χ0v) is 34.5.